The molecule has 1 N–H and O–H groups in total. The highest BCUT2D eigenvalue weighted by Gasteiger charge is 2.32. The lowest BCUT2D eigenvalue weighted by Gasteiger charge is -2.33. The Kier molecular flexibility index (Phi) is 7.82. The number of sulfonamides is 1. The molecule has 7 heteroatoms. The quantitative estimate of drug-likeness (QED) is 0.808. The normalized spacial score (nSPS) is 16.5. The Labute approximate surface area is 148 Å². The van der Waals surface area contributed by atoms with Gasteiger partial charge in [0.15, 0.2) is 0 Å². The summed E-state index contributed by atoms with van der Waals surface area (Å²) in [6.45, 7) is 6.32. The van der Waals surface area contributed by atoms with Crippen LogP contribution in [0.1, 0.15) is 31.7 Å². The third-order valence-electron chi connectivity index (χ3n) is 3.83. The van der Waals surface area contributed by atoms with Crippen LogP contribution in [0.4, 0.5) is 0 Å². The van der Waals surface area contributed by atoms with Gasteiger partial charge in [-0.25, -0.2) is 8.42 Å². The lowest BCUT2D eigenvalue weighted by atomic mass is 10.1. The van der Waals surface area contributed by atoms with Crippen LogP contribution in [0, 0.1) is 6.92 Å². The monoisotopic (exact) mass is 410 g/mol. The van der Waals surface area contributed by atoms with Gasteiger partial charge in [-0.05, 0) is 72.9 Å². The lowest BCUT2D eigenvalue weighted by Crippen LogP contribution is -2.46. The maximum absolute atomic E-state index is 13.0. The number of hydrogen-bond donors (Lipinski definition) is 1. The molecule has 1 aromatic rings. The number of rotatable bonds is 5. The molecule has 0 radical (unpaired) electrons. The molecule has 0 aromatic heterocycles. The first-order valence-electron chi connectivity index (χ1n) is 7.45. The second-order valence-electron chi connectivity index (χ2n) is 5.53. The van der Waals surface area contributed by atoms with Crippen molar-refractivity contribution in [1.82, 2.24) is 9.62 Å². The van der Waals surface area contributed by atoms with Gasteiger partial charge < -0.3 is 5.32 Å². The van der Waals surface area contributed by atoms with Crippen molar-refractivity contribution in [3.63, 3.8) is 0 Å². The van der Waals surface area contributed by atoms with Crippen molar-refractivity contribution >= 4 is 38.4 Å². The Morgan fingerprint density at radius 2 is 1.95 bits per heavy atom. The van der Waals surface area contributed by atoms with E-state index in [1.807, 2.05) is 26.0 Å². The van der Waals surface area contributed by atoms with Gasteiger partial charge in [-0.1, -0.05) is 13.0 Å². The number of benzene rings is 1. The summed E-state index contributed by atoms with van der Waals surface area (Å²) in [5.41, 5.74) is 1.05. The van der Waals surface area contributed by atoms with Gasteiger partial charge in [-0.2, -0.15) is 4.31 Å². The Balaban J connectivity index is 0.00000242. The Bertz CT molecular complexity index is 589. The smallest absolute Gasteiger partial charge is 0.244 e. The summed E-state index contributed by atoms with van der Waals surface area (Å²) in [4.78, 5) is 0.375. The highest BCUT2D eigenvalue weighted by molar-refractivity contribution is 9.10. The Hall–Kier alpha value is -0.140. The van der Waals surface area contributed by atoms with Crippen LogP contribution in [-0.4, -0.2) is 38.4 Å². The average Bonchev–Trinajstić information content (AvgIpc) is 2.45. The van der Waals surface area contributed by atoms with Gasteiger partial charge in [0.05, 0.1) is 4.90 Å². The van der Waals surface area contributed by atoms with E-state index in [4.69, 9.17) is 0 Å². The van der Waals surface area contributed by atoms with Crippen molar-refractivity contribution < 1.29 is 8.42 Å². The van der Waals surface area contributed by atoms with E-state index in [1.54, 1.807) is 10.4 Å². The third kappa shape index (κ3) is 4.45. The average molecular weight is 412 g/mol. The van der Waals surface area contributed by atoms with Gasteiger partial charge in [0.2, 0.25) is 10.0 Å². The zero-order valence-corrected chi connectivity index (χ0v) is 16.2. The molecule has 0 amide bonds. The van der Waals surface area contributed by atoms with E-state index in [0.29, 0.717) is 15.9 Å². The minimum atomic E-state index is -3.45. The van der Waals surface area contributed by atoms with Crippen LogP contribution < -0.4 is 5.32 Å². The maximum Gasteiger partial charge on any atom is 0.244 e. The van der Waals surface area contributed by atoms with Gasteiger partial charge in [0.1, 0.15) is 0 Å². The summed E-state index contributed by atoms with van der Waals surface area (Å²) in [7, 11) is -3.45. The molecule has 1 heterocycles. The molecule has 1 fully saturated rings. The summed E-state index contributed by atoms with van der Waals surface area (Å²) in [6.07, 6.45) is 2.58. The fraction of sp³-hybridized carbons (Fsp3) is 0.600. The van der Waals surface area contributed by atoms with Gasteiger partial charge in [-0.15, -0.1) is 12.4 Å². The molecular formula is C15H24BrClN2O2S. The maximum atomic E-state index is 13.0. The Morgan fingerprint density at radius 3 is 2.50 bits per heavy atom. The summed E-state index contributed by atoms with van der Waals surface area (Å²) >= 11 is 3.41. The zero-order chi connectivity index (χ0) is 15.5. The second-order valence-corrected chi connectivity index (χ2v) is 8.24. The number of aryl methyl sites for hydroxylation is 1. The number of hydrogen-bond acceptors (Lipinski definition) is 3. The van der Waals surface area contributed by atoms with E-state index in [9.17, 15) is 8.42 Å². The third-order valence-corrected chi connectivity index (χ3v) is 6.76. The SMILES string of the molecule is CCCN(C1CCNCC1)S(=O)(=O)c1ccc(C)cc1Br.Cl. The topological polar surface area (TPSA) is 49.4 Å². The predicted molar refractivity (Wildman–Crippen MR) is 96.2 cm³/mol. The van der Waals surface area contributed by atoms with Crippen molar-refractivity contribution in [3.05, 3.63) is 28.2 Å². The van der Waals surface area contributed by atoms with Gasteiger partial charge in [0, 0.05) is 17.1 Å². The standard InChI is InChI=1S/C15H23BrN2O2S.ClH/c1-3-10-18(13-6-8-17-9-7-13)21(19,20)15-5-4-12(2)11-14(15)16;/h4-5,11,13,17H,3,6-10H2,1-2H3;1H. The lowest BCUT2D eigenvalue weighted by molar-refractivity contribution is 0.262. The van der Waals surface area contributed by atoms with Crippen molar-refractivity contribution in [2.75, 3.05) is 19.6 Å². The minimum absolute atomic E-state index is 0. The van der Waals surface area contributed by atoms with Crippen LogP contribution in [0.3, 0.4) is 0 Å². The fourth-order valence-corrected chi connectivity index (χ4v) is 5.69. The summed E-state index contributed by atoms with van der Waals surface area (Å²) in [6, 6.07) is 5.52. The number of piperidine rings is 1. The van der Waals surface area contributed by atoms with E-state index in [2.05, 4.69) is 21.2 Å². The van der Waals surface area contributed by atoms with Crippen molar-refractivity contribution in [1.29, 1.82) is 0 Å². The van der Waals surface area contributed by atoms with Crippen LogP contribution >= 0.6 is 28.3 Å². The van der Waals surface area contributed by atoms with Crippen LogP contribution in [0.25, 0.3) is 0 Å². The highest BCUT2D eigenvalue weighted by Crippen LogP contribution is 2.29. The van der Waals surface area contributed by atoms with Gasteiger partial charge in [-0.3, -0.25) is 0 Å². The second kappa shape index (κ2) is 8.64. The summed E-state index contributed by atoms with van der Waals surface area (Å²) < 4.78 is 28.4. The number of nitrogens with one attached hydrogen (secondary N) is 1. The molecule has 1 aliphatic heterocycles. The van der Waals surface area contributed by atoms with E-state index < -0.39 is 10.0 Å². The molecule has 22 heavy (non-hydrogen) atoms. The first kappa shape index (κ1) is 19.9. The molecule has 0 saturated carbocycles. The summed E-state index contributed by atoms with van der Waals surface area (Å²) in [5, 5.41) is 3.29. The molecule has 2 rings (SSSR count). The molecule has 0 bridgehead atoms. The molecule has 126 valence electrons. The zero-order valence-electron chi connectivity index (χ0n) is 13.0. The molecule has 0 spiro atoms. The van der Waals surface area contributed by atoms with Crippen LogP contribution in [0.5, 0.6) is 0 Å². The fourth-order valence-electron chi connectivity index (χ4n) is 2.76. The minimum Gasteiger partial charge on any atom is -0.317 e. The van der Waals surface area contributed by atoms with E-state index in [0.717, 1.165) is 37.9 Å². The van der Waals surface area contributed by atoms with E-state index in [-0.39, 0.29) is 18.4 Å². The number of nitrogens with zero attached hydrogens (tertiary/aromatic N) is 1. The molecule has 1 aromatic carbocycles. The molecule has 0 aliphatic carbocycles. The van der Waals surface area contributed by atoms with Crippen LogP contribution in [0.15, 0.2) is 27.6 Å². The van der Waals surface area contributed by atoms with Crippen LogP contribution in [0.2, 0.25) is 0 Å². The van der Waals surface area contributed by atoms with Crippen molar-refractivity contribution in [2.45, 2.75) is 44.0 Å². The first-order chi connectivity index (χ1) is 9.96. The predicted octanol–water partition coefficient (Wildman–Crippen LogP) is 3.33. The molecule has 1 aliphatic rings. The largest absolute Gasteiger partial charge is 0.317 e. The first-order valence-corrected chi connectivity index (χ1v) is 9.69. The Morgan fingerprint density at radius 1 is 1.32 bits per heavy atom. The molecule has 0 atom stereocenters. The van der Waals surface area contributed by atoms with E-state index in [1.165, 1.54) is 0 Å². The summed E-state index contributed by atoms with van der Waals surface area (Å²) in [5.74, 6) is 0. The molecular weight excluding hydrogens is 388 g/mol. The number of halogens is 2. The van der Waals surface area contributed by atoms with Crippen LogP contribution in [-0.2, 0) is 10.0 Å². The highest BCUT2D eigenvalue weighted by atomic mass is 79.9. The van der Waals surface area contributed by atoms with E-state index >= 15 is 0 Å². The molecule has 4 nitrogen and oxygen atoms in total. The van der Waals surface area contributed by atoms with Gasteiger partial charge >= 0.3 is 0 Å². The molecule has 0 unspecified atom stereocenters. The van der Waals surface area contributed by atoms with Crippen molar-refractivity contribution in [3.8, 4) is 0 Å². The molecule has 1 saturated heterocycles. The van der Waals surface area contributed by atoms with Crippen molar-refractivity contribution in [2.24, 2.45) is 0 Å². The van der Waals surface area contributed by atoms with Gasteiger partial charge in [0.25, 0.3) is 0 Å².